The standard InChI is InChI=1S/C28H36N4O4/c1-31-14-16-32(17-15-31)28(35)23(21-6-3-4-7-22(21)27(29)34)8-5-9-26(33)30-25-18-24(25)19-10-12-20(36-2)13-11-19/h3-4,6-7,10-13,23-25H,5,8-9,14-18H2,1-2H3,(H2,29,34)(H,30,33)/t23-,24-,25+/m0/s1. The molecule has 192 valence electrons. The molecule has 2 fully saturated rings. The number of amides is 3. The number of nitrogens with zero attached hydrogens (tertiary/aromatic N) is 2. The molecule has 0 radical (unpaired) electrons. The van der Waals surface area contributed by atoms with Gasteiger partial charge >= 0.3 is 0 Å². The Morgan fingerprint density at radius 3 is 2.42 bits per heavy atom. The van der Waals surface area contributed by atoms with Crippen molar-refractivity contribution in [3.8, 4) is 5.75 Å². The zero-order valence-electron chi connectivity index (χ0n) is 21.1. The lowest BCUT2D eigenvalue weighted by Crippen LogP contribution is -2.48. The number of rotatable bonds is 10. The summed E-state index contributed by atoms with van der Waals surface area (Å²) in [5, 5.41) is 3.13. The van der Waals surface area contributed by atoms with Crippen molar-refractivity contribution >= 4 is 17.7 Å². The number of likely N-dealkylation sites (N-methyl/N-ethyl adjacent to an activating group) is 1. The van der Waals surface area contributed by atoms with Crippen LogP contribution in [0.1, 0.15) is 59.0 Å². The minimum atomic E-state index is -0.544. The van der Waals surface area contributed by atoms with Crippen LogP contribution in [-0.2, 0) is 9.59 Å². The van der Waals surface area contributed by atoms with E-state index in [2.05, 4.69) is 10.2 Å². The predicted molar refractivity (Wildman–Crippen MR) is 138 cm³/mol. The maximum Gasteiger partial charge on any atom is 0.249 e. The molecule has 3 amide bonds. The summed E-state index contributed by atoms with van der Waals surface area (Å²) in [6.45, 7) is 2.93. The van der Waals surface area contributed by atoms with Crippen molar-refractivity contribution in [2.24, 2.45) is 5.73 Å². The smallest absolute Gasteiger partial charge is 0.249 e. The van der Waals surface area contributed by atoms with Crippen molar-refractivity contribution in [3.63, 3.8) is 0 Å². The number of hydrogen-bond acceptors (Lipinski definition) is 5. The second-order valence-corrected chi connectivity index (χ2v) is 9.81. The molecule has 0 spiro atoms. The summed E-state index contributed by atoms with van der Waals surface area (Å²) in [7, 11) is 3.68. The summed E-state index contributed by atoms with van der Waals surface area (Å²) >= 11 is 0. The van der Waals surface area contributed by atoms with Gasteiger partial charge in [0.1, 0.15) is 5.75 Å². The lowest BCUT2D eigenvalue weighted by Gasteiger charge is -2.35. The van der Waals surface area contributed by atoms with Gasteiger partial charge in [-0.2, -0.15) is 0 Å². The molecule has 1 saturated heterocycles. The number of ether oxygens (including phenoxy) is 1. The van der Waals surface area contributed by atoms with Crippen LogP contribution in [0.3, 0.4) is 0 Å². The number of primary amides is 1. The Bertz CT molecular complexity index is 1080. The molecule has 0 aromatic heterocycles. The Morgan fingerprint density at radius 1 is 1.06 bits per heavy atom. The van der Waals surface area contributed by atoms with E-state index in [4.69, 9.17) is 10.5 Å². The Balaban J connectivity index is 1.35. The molecule has 8 nitrogen and oxygen atoms in total. The molecule has 3 N–H and O–H groups in total. The first-order chi connectivity index (χ1) is 17.4. The van der Waals surface area contributed by atoms with E-state index >= 15 is 0 Å². The number of nitrogens with two attached hydrogens (primary N) is 1. The van der Waals surface area contributed by atoms with Crippen LogP contribution in [0.4, 0.5) is 0 Å². The molecular formula is C28H36N4O4. The number of nitrogens with one attached hydrogen (secondary N) is 1. The first-order valence-electron chi connectivity index (χ1n) is 12.7. The molecule has 0 unspecified atom stereocenters. The molecule has 2 aromatic carbocycles. The first kappa shape index (κ1) is 25.7. The van der Waals surface area contributed by atoms with Crippen molar-refractivity contribution in [1.82, 2.24) is 15.1 Å². The fourth-order valence-electron chi connectivity index (χ4n) is 5.00. The highest BCUT2D eigenvalue weighted by molar-refractivity contribution is 5.97. The zero-order valence-corrected chi connectivity index (χ0v) is 21.1. The number of hydrogen-bond donors (Lipinski definition) is 2. The third-order valence-corrected chi connectivity index (χ3v) is 7.29. The minimum Gasteiger partial charge on any atom is -0.497 e. The molecule has 3 atom stereocenters. The van der Waals surface area contributed by atoms with E-state index in [0.717, 1.165) is 25.3 Å². The third kappa shape index (κ3) is 6.23. The van der Waals surface area contributed by atoms with E-state index in [1.165, 1.54) is 5.56 Å². The SMILES string of the molecule is COc1ccc([C@@H]2C[C@H]2NC(=O)CCC[C@H](C(=O)N2CCN(C)CC2)c2ccccc2C(N)=O)cc1. The largest absolute Gasteiger partial charge is 0.497 e. The normalized spacial score (nSPS) is 20.4. The second kappa shape index (κ2) is 11.6. The maximum absolute atomic E-state index is 13.5. The fraction of sp³-hybridized carbons (Fsp3) is 0.464. The van der Waals surface area contributed by atoms with Crippen LogP contribution in [0, 0.1) is 0 Å². The van der Waals surface area contributed by atoms with E-state index in [1.807, 2.05) is 48.3 Å². The van der Waals surface area contributed by atoms with Crippen molar-refractivity contribution in [3.05, 3.63) is 65.2 Å². The number of carbonyl (C=O) groups excluding carboxylic acids is 3. The first-order valence-corrected chi connectivity index (χ1v) is 12.7. The molecule has 1 aliphatic carbocycles. The van der Waals surface area contributed by atoms with Gasteiger partial charge in [0.25, 0.3) is 0 Å². The highest BCUT2D eigenvalue weighted by Crippen LogP contribution is 2.41. The number of methoxy groups -OCH3 is 1. The quantitative estimate of drug-likeness (QED) is 0.530. The lowest BCUT2D eigenvalue weighted by molar-refractivity contribution is -0.134. The minimum absolute atomic E-state index is 0.000953. The third-order valence-electron chi connectivity index (χ3n) is 7.29. The van der Waals surface area contributed by atoms with Crippen LogP contribution >= 0.6 is 0 Å². The summed E-state index contributed by atoms with van der Waals surface area (Å²) in [6.07, 6.45) is 2.28. The summed E-state index contributed by atoms with van der Waals surface area (Å²) in [6, 6.07) is 15.2. The van der Waals surface area contributed by atoms with Gasteiger partial charge < -0.3 is 25.6 Å². The molecular weight excluding hydrogens is 456 g/mol. The molecule has 2 aromatic rings. The lowest BCUT2D eigenvalue weighted by atomic mass is 9.88. The van der Waals surface area contributed by atoms with Gasteiger partial charge in [0, 0.05) is 50.1 Å². The van der Waals surface area contributed by atoms with E-state index in [1.54, 1.807) is 19.2 Å². The van der Waals surface area contributed by atoms with Crippen LogP contribution in [0.2, 0.25) is 0 Å². The van der Waals surface area contributed by atoms with Crippen LogP contribution in [0.25, 0.3) is 0 Å². The van der Waals surface area contributed by atoms with Crippen LogP contribution < -0.4 is 15.8 Å². The number of benzene rings is 2. The molecule has 36 heavy (non-hydrogen) atoms. The highest BCUT2D eigenvalue weighted by Gasteiger charge is 2.39. The second-order valence-electron chi connectivity index (χ2n) is 9.81. The van der Waals surface area contributed by atoms with Gasteiger partial charge in [-0.05, 0) is 55.6 Å². The molecule has 4 rings (SSSR count). The van der Waals surface area contributed by atoms with Crippen molar-refractivity contribution in [1.29, 1.82) is 0 Å². The van der Waals surface area contributed by atoms with E-state index in [9.17, 15) is 14.4 Å². The summed E-state index contributed by atoms with van der Waals surface area (Å²) < 4.78 is 5.21. The van der Waals surface area contributed by atoms with Crippen LogP contribution in [-0.4, -0.2) is 73.9 Å². The Hall–Kier alpha value is -3.39. The Kier molecular flexibility index (Phi) is 8.25. The topological polar surface area (TPSA) is 105 Å². The molecule has 1 saturated carbocycles. The van der Waals surface area contributed by atoms with Crippen molar-refractivity contribution in [2.45, 2.75) is 43.6 Å². The van der Waals surface area contributed by atoms with E-state index in [0.29, 0.717) is 49.4 Å². The fourth-order valence-corrected chi connectivity index (χ4v) is 5.00. The molecule has 1 aliphatic heterocycles. The van der Waals surface area contributed by atoms with Gasteiger partial charge in [-0.3, -0.25) is 14.4 Å². The van der Waals surface area contributed by atoms with Gasteiger partial charge in [-0.15, -0.1) is 0 Å². The summed E-state index contributed by atoms with van der Waals surface area (Å²) in [5.41, 5.74) is 7.84. The van der Waals surface area contributed by atoms with E-state index in [-0.39, 0.29) is 17.9 Å². The molecule has 2 aliphatic rings. The maximum atomic E-state index is 13.5. The predicted octanol–water partition coefficient (Wildman–Crippen LogP) is 2.49. The van der Waals surface area contributed by atoms with Gasteiger partial charge in [0.05, 0.1) is 13.0 Å². The van der Waals surface area contributed by atoms with Crippen LogP contribution in [0.15, 0.2) is 48.5 Å². The summed E-state index contributed by atoms with van der Waals surface area (Å²) in [4.78, 5) is 42.3. The zero-order chi connectivity index (χ0) is 25.7. The van der Waals surface area contributed by atoms with Gasteiger partial charge in [0.15, 0.2) is 0 Å². The van der Waals surface area contributed by atoms with Crippen molar-refractivity contribution < 1.29 is 19.1 Å². The van der Waals surface area contributed by atoms with E-state index < -0.39 is 11.8 Å². The summed E-state index contributed by atoms with van der Waals surface area (Å²) in [5.74, 6) is 0.0899. The monoisotopic (exact) mass is 492 g/mol. The Morgan fingerprint density at radius 2 is 1.75 bits per heavy atom. The van der Waals surface area contributed by atoms with Gasteiger partial charge in [0.2, 0.25) is 17.7 Å². The average Bonchev–Trinajstić information content (AvgIpc) is 3.65. The average molecular weight is 493 g/mol. The van der Waals surface area contributed by atoms with Crippen LogP contribution in [0.5, 0.6) is 5.75 Å². The molecule has 8 heteroatoms. The molecule has 0 bridgehead atoms. The van der Waals surface area contributed by atoms with Gasteiger partial charge in [-0.1, -0.05) is 30.3 Å². The molecule has 1 heterocycles. The number of carbonyl (C=O) groups is 3. The van der Waals surface area contributed by atoms with Crippen molar-refractivity contribution in [2.75, 3.05) is 40.3 Å². The highest BCUT2D eigenvalue weighted by atomic mass is 16.5. The Labute approximate surface area is 212 Å². The van der Waals surface area contributed by atoms with Gasteiger partial charge in [-0.25, -0.2) is 0 Å². The number of piperazine rings is 1.